The van der Waals surface area contributed by atoms with E-state index >= 15 is 0 Å². The Morgan fingerprint density at radius 1 is 1.19 bits per heavy atom. The number of hydrogen-bond acceptors (Lipinski definition) is 3. The first kappa shape index (κ1) is 19.5. The Morgan fingerprint density at radius 3 is 2.56 bits per heavy atom. The minimum atomic E-state index is -0.763. The molecule has 1 saturated heterocycles. The summed E-state index contributed by atoms with van der Waals surface area (Å²) in [6.45, 7) is 1.48. The number of urea groups is 1. The van der Waals surface area contributed by atoms with Gasteiger partial charge in [-0.05, 0) is 43.4 Å². The quantitative estimate of drug-likeness (QED) is 0.821. The first-order valence-electron chi connectivity index (χ1n) is 9.23. The van der Waals surface area contributed by atoms with Gasteiger partial charge < -0.3 is 20.2 Å². The number of carboxylic acid groups (broad SMARTS) is 1. The summed E-state index contributed by atoms with van der Waals surface area (Å²) in [5.74, 6) is -1.16. The van der Waals surface area contributed by atoms with Crippen molar-refractivity contribution in [2.24, 2.45) is 5.92 Å². The summed E-state index contributed by atoms with van der Waals surface area (Å²) in [4.78, 5) is 39.1. The number of carbonyl (C=O) groups excluding carboxylic acids is 2. The Labute approximate surface area is 163 Å². The second-order valence-electron chi connectivity index (χ2n) is 7.20. The number of rotatable bonds is 4. The molecule has 1 aromatic carbocycles. The maximum atomic E-state index is 12.4. The van der Waals surface area contributed by atoms with Crippen molar-refractivity contribution in [1.29, 1.82) is 0 Å². The monoisotopic (exact) mass is 393 g/mol. The number of halogens is 1. The zero-order valence-electron chi connectivity index (χ0n) is 15.1. The smallest absolute Gasteiger partial charge is 0.318 e. The molecule has 146 valence electrons. The molecule has 0 radical (unpaired) electrons. The SMILES string of the molecule is O=C(O)C1CCC(NC(=O)N2CCN(Cc3cccc(Cl)c3)C(=O)C2)CC1. The number of carbonyl (C=O) groups is 3. The predicted molar refractivity (Wildman–Crippen MR) is 100 cm³/mol. The third-order valence-corrected chi connectivity index (χ3v) is 5.51. The number of nitrogens with zero attached hydrogens (tertiary/aromatic N) is 2. The molecule has 0 unspecified atom stereocenters. The van der Waals surface area contributed by atoms with Crippen LogP contribution in [0.4, 0.5) is 4.79 Å². The van der Waals surface area contributed by atoms with Crippen LogP contribution in [0.3, 0.4) is 0 Å². The van der Waals surface area contributed by atoms with Crippen molar-refractivity contribution in [2.45, 2.75) is 38.3 Å². The predicted octanol–water partition coefficient (Wildman–Crippen LogP) is 2.34. The van der Waals surface area contributed by atoms with Crippen LogP contribution in [0.1, 0.15) is 31.2 Å². The van der Waals surface area contributed by atoms with E-state index in [1.165, 1.54) is 4.90 Å². The molecule has 1 aliphatic carbocycles. The van der Waals surface area contributed by atoms with Crippen LogP contribution in [0, 0.1) is 5.92 Å². The molecule has 1 aliphatic heterocycles. The van der Waals surface area contributed by atoms with Crippen LogP contribution in [0.25, 0.3) is 0 Å². The van der Waals surface area contributed by atoms with Gasteiger partial charge in [-0.3, -0.25) is 9.59 Å². The van der Waals surface area contributed by atoms with Crippen LogP contribution in [0.15, 0.2) is 24.3 Å². The molecule has 1 heterocycles. The van der Waals surface area contributed by atoms with Gasteiger partial charge in [0.2, 0.25) is 5.91 Å². The van der Waals surface area contributed by atoms with Crippen LogP contribution in [0.5, 0.6) is 0 Å². The van der Waals surface area contributed by atoms with Crippen LogP contribution in [-0.2, 0) is 16.1 Å². The second-order valence-corrected chi connectivity index (χ2v) is 7.64. The van der Waals surface area contributed by atoms with E-state index in [1.807, 2.05) is 18.2 Å². The molecule has 3 amide bonds. The highest BCUT2D eigenvalue weighted by atomic mass is 35.5. The molecule has 2 N–H and O–H groups in total. The van der Waals surface area contributed by atoms with Gasteiger partial charge in [-0.2, -0.15) is 0 Å². The van der Waals surface area contributed by atoms with Gasteiger partial charge in [0.15, 0.2) is 0 Å². The third kappa shape index (κ3) is 5.13. The van der Waals surface area contributed by atoms with Gasteiger partial charge in [-0.1, -0.05) is 23.7 Å². The summed E-state index contributed by atoms with van der Waals surface area (Å²) in [6.07, 6.45) is 2.47. The lowest BCUT2D eigenvalue weighted by Crippen LogP contribution is -2.55. The number of amides is 3. The highest BCUT2D eigenvalue weighted by Crippen LogP contribution is 2.24. The van der Waals surface area contributed by atoms with Crippen molar-refractivity contribution in [2.75, 3.05) is 19.6 Å². The van der Waals surface area contributed by atoms with Crippen LogP contribution >= 0.6 is 11.6 Å². The normalized spacial score (nSPS) is 23.2. The van der Waals surface area contributed by atoms with Crippen LogP contribution in [0.2, 0.25) is 5.02 Å². The average Bonchev–Trinajstić information content (AvgIpc) is 2.64. The lowest BCUT2D eigenvalue weighted by Gasteiger charge is -2.36. The Kier molecular flexibility index (Phi) is 6.21. The maximum absolute atomic E-state index is 12.4. The van der Waals surface area contributed by atoms with E-state index in [1.54, 1.807) is 11.0 Å². The van der Waals surface area contributed by atoms with E-state index in [9.17, 15) is 14.4 Å². The third-order valence-electron chi connectivity index (χ3n) is 5.27. The molecule has 7 nitrogen and oxygen atoms in total. The number of aliphatic carboxylic acids is 1. The fourth-order valence-corrected chi connectivity index (χ4v) is 3.87. The molecule has 1 aromatic rings. The van der Waals surface area contributed by atoms with Crippen molar-refractivity contribution in [3.05, 3.63) is 34.9 Å². The summed E-state index contributed by atoms with van der Waals surface area (Å²) in [5, 5.41) is 12.6. The lowest BCUT2D eigenvalue weighted by molar-refractivity contribution is -0.143. The van der Waals surface area contributed by atoms with Gasteiger partial charge in [0.05, 0.1) is 5.92 Å². The van der Waals surface area contributed by atoms with Gasteiger partial charge in [-0.15, -0.1) is 0 Å². The number of piperazine rings is 1. The van der Waals surface area contributed by atoms with Crippen LogP contribution < -0.4 is 5.32 Å². The van der Waals surface area contributed by atoms with Crippen molar-refractivity contribution < 1.29 is 19.5 Å². The van der Waals surface area contributed by atoms with Crippen molar-refractivity contribution in [3.63, 3.8) is 0 Å². The fraction of sp³-hybridized carbons (Fsp3) is 0.526. The van der Waals surface area contributed by atoms with E-state index < -0.39 is 5.97 Å². The zero-order valence-corrected chi connectivity index (χ0v) is 15.8. The standard InChI is InChI=1S/C19H24ClN3O4/c20-15-3-1-2-13(10-15)11-22-8-9-23(12-17(22)24)19(27)21-16-6-4-14(5-7-16)18(25)26/h1-3,10,14,16H,4-9,11-12H2,(H,21,27)(H,25,26). The molecule has 2 fully saturated rings. The molecule has 1 saturated carbocycles. The van der Waals surface area contributed by atoms with E-state index in [4.69, 9.17) is 16.7 Å². The Hall–Kier alpha value is -2.28. The summed E-state index contributed by atoms with van der Waals surface area (Å²) < 4.78 is 0. The Balaban J connectivity index is 1.47. The minimum absolute atomic E-state index is 0.0207. The summed E-state index contributed by atoms with van der Waals surface area (Å²) in [7, 11) is 0. The molecule has 0 bridgehead atoms. The number of nitrogens with one attached hydrogen (secondary N) is 1. The molecular formula is C19H24ClN3O4. The van der Waals surface area contributed by atoms with Gasteiger partial charge in [0.1, 0.15) is 6.54 Å². The first-order valence-corrected chi connectivity index (χ1v) is 9.60. The molecule has 27 heavy (non-hydrogen) atoms. The van der Waals surface area contributed by atoms with E-state index in [0.717, 1.165) is 5.56 Å². The van der Waals surface area contributed by atoms with Crippen molar-refractivity contribution >= 4 is 29.5 Å². The van der Waals surface area contributed by atoms with Crippen molar-refractivity contribution in [1.82, 2.24) is 15.1 Å². The summed E-state index contributed by atoms with van der Waals surface area (Å²) in [5.41, 5.74) is 0.962. The molecule has 8 heteroatoms. The average molecular weight is 394 g/mol. The van der Waals surface area contributed by atoms with Gasteiger partial charge in [-0.25, -0.2) is 4.79 Å². The molecule has 0 aromatic heterocycles. The Bertz CT molecular complexity index is 719. The molecule has 0 spiro atoms. The lowest BCUT2D eigenvalue weighted by atomic mass is 9.86. The maximum Gasteiger partial charge on any atom is 0.318 e. The van der Waals surface area contributed by atoms with E-state index in [0.29, 0.717) is 50.3 Å². The topological polar surface area (TPSA) is 89.9 Å². The number of benzene rings is 1. The first-order chi connectivity index (χ1) is 12.9. The fourth-order valence-electron chi connectivity index (χ4n) is 3.66. The number of hydrogen-bond donors (Lipinski definition) is 2. The summed E-state index contributed by atoms with van der Waals surface area (Å²) >= 11 is 5.99. The molecule has 2 aliphatic rings. The van der Waals surface area contributed by atoms with Gasteiger partial charge >= 0.3 is 12.0 Å². The van der Waals surface area contributed by atoms with Crippen LogP contribution in [-0.4, -0.2) is 58.5 Å². The van der Waals surface area contributed by atoms with Crippen molar-refractivity contribution in [3.8, 4) is 0 Å². The van der Waals surface area contributed by atoms with E-state index in [2.05, 4.69) is 5.32 Å². The zero-order chi connectivity index (χ0) is 19.4. The van der Waals surface area contributed by atoms with E-state index in [-0.39, 0.29) is 30.4 Å². The highest BCUT2D eigenvalue weighted by Gasteiger charge is 2.30. The summed E-state index contributed by atoms with van der Waals surface area (Å²) in [6, 6.07) is 7.13. The van der Waals surface area contributed by atoms with Gasteiger partial charge in [0, 0.05) is 30.7 Å². The highest BCUT2D eigenvalue weighted by molar-refractivity contribution is 6.30. The van der Waals surface area contributed by atoms with Gasteiger partial charge in [0.25, 0.3) is 0 Å². The largest absolute Gasteiger partial charge is 0.481 e. The minimum Gasteiger partial charge on any atom is -0.481 e. The second kappa shape index (κ2) is 8.61. The number of carboxylic acids is 1. The molecule has 0 atom stereocenters. The molecule has 3 rings (SSSR count). The molecular weight excluding hydrogens is 370 g/mol. The Morgan fingerprint density at radius 2 is 1.93 bits per heavy atom.